The molecule has 0 saturated heterocycles. The van der Waals surface area contributed by atoms with E-state index in [-0.39, 0.29) is 39.1 Å². The Bertz CT molecular complexity index is 1170. The summed E-state index contributed by atoms with van der Waals surface area (Å²) < 4.78 is 0. The van der Waals surface area contributed by atoms with Crippen molar-refractivity contribution in [2.24, 2.45) is 27.6 Å². The molecule has 5 rings (SSSR count). The van der Waals surface area contributed by atoms with Crippen LogP contribution in [0.2, 0.25) is 0 Å². The van der Waals surface area contributed by atoms with Crippen molar-refractivity contribution >= 4 is 5.97 Å². The summed E-state index contributed by atoms with van der Waals surface area (Å²) in [7, 11) is 0. The summed E-state index contributed by atoms with van der Waals surface area (Å²) >= 11 is 0. The molecule has 1 aromatic carbocycles. The van der Waals surface area contributed by atoms with Gasteiger partial charge in [-0.05, 0) is 111 Å². The van der Waals surface area contributed by atoms with Crippen LogP contribution in [0.1, 0.15) is 109 Å². The standard InChI is InChI=1S/C31H44O5/c1-17-24-19(18(2)32)14-22-29(5,20(24)15-21(33)25(17)34)11-13-31(7)23-16-28(4,26(35)36)9-8-27(23,3)10-12-30(22,31)6/h14-15,18-19,23,32-34H,8-13,16H2,1-7H3,(H,35,36)/t18?,19-,23?,27-,28-,29+,30-,31+/m1/s1. The monoisotopic (exact) mass is 496 g/mol. The van der Waals surface area contributed by atoms with Crippen molar-refractivity contribution in [3.8, 4) is 11.5 Å². The summed E-state index contributed by atoms with van der Waals surface area (Å²) in [5.41, 5.74) is 2.83. The van der Waals surface area contributed by atoms with Gasteiger partial charge in [0.25, 0.3) is 0 Å². The molecule has 36 heavy (non-hydrogen) atoms. The van der Waals surface area contributed by atoms with Gasteiger partial charge in [-0.25, -0.2) is 0 Å². The quantitative estimate of drug-likeness (QED) is 0.274. The fourth-order valence-corrected chi connectivity index (χ4v) is 9.36. The number of carbonyl (C=O) groups is 1. The first-order valence-electron chi connectivity index (χ1n) is 13.7. The fraction of sp³-hybridized carbons (Fsp3) is 0.710. The molecule has 1 aromatic rings. The Morgan fingerprint density at radius 2 is 1.64 bits per heavy atom. The van der Waals surface area contributed by atoms with Gasteiger partial charge in [-0.15, -0.1) is 0 Å². The van der Waals surface area contributed by atoms with Crippen molar-refractivity contribution in [3.05, 3.63) is 34.4 Å². The van der Waals surface area contributed by atoms with Crippen molar-refractivity contribution in [1.29, 1.82) is 0 Å². The molecular formula is C31H44O5. The van der Waals surface area contributed by atoms with Gasteiger partial charge in [0.05, 0.1) is 11.5 Å². The first kappa shape index (κ1) is 25.6. The smallest absolute Gasteiger partial charge is 0.309 e. The number of carboxylic acid groups (broad SMARTS) is 1. The summed E-state index contributed by atoms with van der Waals surface area (Å²) in [4.78, 5) is 12.3. The third-order valence-electron chi connectivity index (χ3n) is 12.2. The highest BCUT2D eigenvalue weighted by Gasteiger charge is 2.67. The van der Waals surface area contributed by atoms with Gasteiger partial charge in [0, 0.05) is 11.3 Å². The second-order valence-corrected chi connectivity index (χ2v) is 14.0. The third kappa shape index (κ3) is 3.01. The van der Waals surface area contributed by atoms with Crippen LogP contribution in [0.15, 0.2) is 17.7 Å². The van der Waals surface area contributed by atoms with E-state index in [9.17, 15) is 25.2 Å². The second-order valence-electron chi connectivity index (χ2n) is 14.0. The van der Waals surface area contributed by atoms with Crippen LogP contribution in [0, 0.1) is 34.5 Å². The number of allylic oxidation sites excluding steroid dienone is 1. The Morgan fingerprint density at radius 3 is 2.25 bits per heavy atom. The Hall–Kier alpha value is -2.01. The number of aliphatic hydroxyl groups is 1. The van der Waals surface area contributed by atoms with E-state index in [1.165, 1.54) is 5.57 Å². The molecule has 4 aliphatic carbocycles. The molecule has 0 aliphatic heterocycles. The summed E-state index contributed by atoms with van der Waals surface area (Å²) in [5, 5.41) is 42.3. The Balaban J connectivity index is 1.70. The lowest BCUT2D eigenvalue weighted by molar-refractivity contribution is -0.177. The van der Waals surface area contributed by atoms with E-state index in [4.69, 9.17) is 0 Å². The van der Waals surface area contributed by atoms with Crippen molar-refractivity contribution in [2.75, 3.05) is 0 Å². The van der Waals surface area contributed by atoms with Crippen LogP contribution in [-0.4, -0.2) is 32.5 Å². The number of aliphatic carboxylic acids is 1. The molecule has 0 bridgehead atoms. The molecule has 3 saturated carbocycles. The van der Waals surface area contributed by atoms with Gasteiger partial charge in [-0.1, -0.05) is 39.3 Å². The summed E-state index contributed by atoms with van der Waals surface area (Å²) in [6, 6.07) is 1.74. The molecule has 4 N–H and O–H groups in total. The largest absolute Gasteiger partial charge is 0.504 e. The predicted molar refractivity (Wildman–Crippen MR) is 140 cm³/mol. The lowest BCUT2D eigenvalue weighted by Gasteiger charge is -2.70. The van der Waals surface area contributed by atoms with E-state index >= 15 is 0 Å². The highest BCUT2D eigenvalue weighted by atomic mass is 16.4. The number of fused-ring (bicyclic) bond motifs is 7. The van der Waals surface area contributed by atoms with Crippen molar-refractivity contribution in [1.82, 2.24) is 0 Å². The van der Waals surface area contributed by atoms with Crippen LogP contribution < -0.4 is 0 Å². The molecule has 198 valence electrons. The first-order chi connectivity index (χ1) is 16.5. The zero-order valence-electron chi connectivity index (χ0n) is 23.0. The Morgan fingerprint density at radius 1 is 1.00 bits per heavy atom. The van der Waals surface area contributed by atoms with Crippen molar-refractivity contribution in [2.45, 2.75) is 111 Å². The number of phenolic OH excluding ortho intramolecular Hbond substituents is 2. The number of aromatic hydroxyl groups is 2. The highest BCUT2D eigenvalue weighted by Crippen LogP contribution is 2.75. The first-order valence-corrected chi connectivity index (χ1v) is 13.7. The molecular weight excluding hydrogens is 452 g/mol. The third-order valence-corrected chi connectivity index (χ3v) is 12.2. The molecule has 4 aliphatic rings. The van der Waals surface area contributed by atoms with E-state index in [1.807, 2.05) is 13.8 Å². The maximum atomic E-state index is 12.3. The predicted octanol–water partition coefficient (Wildman–Crippen LogP) is 6.57. The summed E-state index contributed by atoms with van der Waals surface area (Å²) in [6.45, 7) is 15.0. The molecule has 0 heterocycles. The lowest BCUT2D eigenvalue weighted by Crippen LogP contribution is -2.62. The van der Waals surface area contributed by atoms with E-state index in [1.54, 1.807) is 13.0 Å². The van der Waals surface area contributed by atoms with E-state index in [0.29, 0.717) is 17.9 Å². The van der Waals surface area contributed by atoms with Gasteiger partial charge in [-0.3, -0.25) is 4.79 Å². The van der Waals surface area contributed by atoms with Gasteiger partial charge in [0.1, 0.15) is 0 Å². The van der Waals surface area contributed by atoms with Crippen LogP contribution >= 0.6 is 0 Å². The van der Waals surface area contributed by atoms with Crippen LogP contribution in [-0.2, 0) is 10.2 Å². The van der Waals surface area contributed by atoms with Crippen LogP contribution in [0.3, 0.4) is 0 Å². The minimum atomic E-state index is -0.692. The zero-order chi connectivity index (χ0) is 26.6. The van der Waals surface area contributed by atoms with Crippen LogP contribution in [0.5, 0.6) is 11.5 Å². The average molecular weight is 497 g/mol. The van der Waals surface area contributed by atoms with E-state index < -0.39 is 17.5 Å². The van der Waals surface area contributed by atoms with E-state index in [0.717, 1.165) is 49.7 Å². The molecule has 8 atom stereocenters. The average Bonchev–Trinajstić information content (AvgIpc) is 2.80. The van der Waals surface area contributed by atoms with Crippen molar-refractivity contribution in [3.63, 3.8) is 0 Å². The molecule has 5 nitrogen and oxygen atoms in total. The molecule has 3 fully saturated rings. The SMILES string of the molecule is Cc1c(O)c(O)cc2c1[C@@H](C(C)O)C=C1[C@@]2(C)CC[C@@]2(C)C3C[C@](C)(C(=O)O)CC[C@]3(C)CC[C@]12C. The molecule has 5 heteroatoms. The fourth-order valence-electron chi connectivity index (χ4n) is 9.36. The number of benzene rings is 1. The molecule has 0 radical (unpaired) electrons. The van der Waals surface area contributed by atoms with Gasteiger partial charge in [-0.2, -0.15) is 0 Å². The number of hydrogen-bond donors (Lipinski definition) is 4. The van der Waals surface area contributed by atoms with Crippen LogP contribution in [0.4, 0.5) is 0 Å². The number of carboxylic acids is 1. The summed E-state index contributed by atoms with van der Waals surface area (Å²) in [5.74, 6) is -0.845. The van der Waals surface area contributed by atoms with Crippen molar-refractivity contribution < 1.29 is 25.2 Å². The normalized spacial score (nSPS) is 44.4. The molecule has 0 aromatic heterocycles. The summed E-state index contributed by atoms with van der Waals surface area (Å²) in [6.07, 6.45) is 8.02. The van der Waals surface area contributed by atoms with Crippen LogP contribution in [0.25, 0.3) is 0 Å². The Labute approximate surface area is 215 Å². The Kier molecular flexibility index (Phi) is 5.36. The van der Waals surface area contributed by atoms with Gasteiger partial charge in [0.2, 0.25) is 0 Å². The molecule has 0 amide bonds. The molecule has 0 spiro atoms. The van der Waals surface area contributed by atoms with Gasteiger partial charge >= 0.3 is 5.97 Å². The minimum absolute atomic E-state index is 0.0722. The maximum Gasteiger partial charge on any atom is 0.309 e. The lowest BCUT2D eigenvalue weighted by atomic mass is 9.34. The second kappa shape index (κ2) is 7.52. The van der Waals surface area contributed by atoms with Gasteiger partial charge in [0.15, 0.2) is 11.5 Å². The van der Waals surface area contributed by atoms with Gasteiger partial charge < -0.3 is 20.4 Å². The van der Waals surface area contributed by atoms with E-state index in [2.05, 4.69) is 33.8 Å². The minimum Gasteiger partial charge on any atom is -0.504 e. The number of hydrogen-bond acceptors (Lipinski definition) is 4. The molecule has 2 unspecified atom stereocenters. The topological polar surface area (TPSA) is 98.0 Å². The number of rotatable bonds is 2. The maximum absolute atomic E-state index is 12.3. The zero-order valence-corrected chi connectivity index (χ0v) is 23.0. The number of phenols is 2. The number of aliphatic hydroxyl groups excluding tert-OH is 1. The highest BCUT2D eigenvalue weighted by molar-refractivity contribution is 5.74.